The summed E-state index contributed by atoms with van der Waals surface area (Å²) in [6.45, 7) is 0.993. The summed E-state index contributed by atoms with van der Waals surface area (Å²) in [5, 5.41) is 0. The van der Waals surface area contributed by atoms with Crippen molar-refractivity contribution >= 4 is 15.9 Å². The highest BCUT2D eigenvalue weighted by molar-refractivity contribution is 9.10. The van der Waals surface area contributed by atoms with Crippen molar-refractivity contribution in [1.29, 1.82) is 0 Å². The summed E-state index contributed by atoms with van der Waals surface area (Å²) in [6.07, 6.45) is 12.1. The Bertz CT molecular complexity index is 496. The first-order valence-electron chi connectivity index (χ1n) is 6.52. The van der Waals surface area contributed by atoms with Crippen molar-refractivity contribution in [2.45, 2.75) is 18.8 Å². The average Bonchev–Trinajstić information content (AvgIpc) is 2.51. The van der Waals surface area contributed by atoms with Crippen molar-refractivity contribution in [2.24, 2.45) is 5.92 Å². The predicted octanol–water partition coefficient (Wildman–Crippen LogP) is 2.49. The van der Waals surface area contributed by atoms with Gasteiger partial charge in [-0.15, -0.1) is 0 Å². The Morgan fingerprint density at radius 3 is 2.65 bits per heavy atom. The quantitative estimate of drug-likeness (QED) is 0.847. The van der Waals surface area contributed by atoms with Crippen LogP contribution in [-0.2, 0) is 9.47 Å². The Morgan fingerprint density at radius 1 is 1.15 bits per heavy atom. The molecule has 0 N–H and O–H groups in total. The van der Waals surface area contributed by atoms with Crippen LogP contribution >= 0.6 is 15.9 Å². The first kappa shape index (κ1) is 13.7. The van der Waals surface area contributed by atoms with E-state index in [1.807, 2.05) is 12.2 Å². The third-order valence-electron chi connectivity index (χ3n) is 3.14. The minimum absolute atomic E-state index is 0.148. The van der Waals surface area contributed by atoms with Gasteiger partial charge in [0.25, 0.3) is 0 Å². The summed E-state index contributed by atoms with van der Waals surface area (Å²) in [7, 11) is 0. The van der Waals surface area contributed by atoms with Gasteiger partial charge in [-0.05, 0) is 22.4 Å². The van der Waals surface area contributed by atoms with Crippen molar-refractivity contribution < 1.29 is 14.2 Å². The number of aromatic nitrogens is 2. The highest BCUT2D eigenvalue weighted by atomic mass is 79.9. The molecule has 5 nitrogen and oxygen atoms in total. The SMILES string of the molecule is Brc1cnc(O[C@H]2CO[C@H](C3C=CC=CC3)OC2)cn1. The maximum atomic E-state index is 5.74. The summed E-state index contributed by atoms with van der Waals surface area (Å²) >= 11 is 3.23. The molecule has 1 aromatic rings. The minimum atomic E-state index is -0.188. The Hall–Kier alpha value is -1.24. The summed E-state index contributed by atoms with van der Waals surface area (Å²) in [4.78, 5) is 8.18. The molecule has 1 atom stereocenters. The van der Waals surface area contributed by atoms with Crippen molar-refractivity contribution in [3.8, 4) is 5.88 Å². The molecule has 0 spiro atoms. The van der Waals surface area contributed by atoms with Crippen molar-refractivity contribution in [3.05, 3.63) is 41.3 Å². The molecule has 1 aliphatic heterocycles. The molecule has 0 saturated carbocycles. The maximum absolute atomic E-state index is 5.74. The first-order chi connectivity index (χ1) is 9.81. The van der Waals surface area contributed by atoms with Gasteiger partial charge < -0.3 is 14.2 Å². The first-order valence-corrected chi connectivity index (χ1v) is 7.31. The van der Waals surface area contributed by atoms with E-state index < -0.39 is 0 Å². The second kappa shape index (κ2) is 6.47. The van der Waals surface area contributed by atoms with Crippen LogP contribution in [0.25, 0.3) is 0 Å². The van der Waals surface area contributed by atoms with Gasteiger partial charge in [-0.2, -0.15) is 0 Å². The molecule has 0 radical (unpaired) electrons. The van der Waals surface area contributed by atoms with Gasteiger partial charge in [0.2, 0.25) is 5.88 Å². The van der Waals surface area contributed by atoms with E-state index in [0.717, 1.165) is 6.42 Å². The van der Waals surface area contributed by atoms with Crippen LogP contribution in [-0.4, -0.2) is 35.6 Å². The highest BCUT2D eigenvalue weighted by Crippen LogP contribution is 2.23. The van der Waals surface area contributed by atoms with E-state index in [9.17, 15) is 0 Å². The van der Waals surface area contributed by atoms with E-state index in [4.69, 9.17) is 14.2 Å². The van der Waals surface area contributed by atoms with Gasteiger partial charge in [-0.25, -0.2) is 9.97 Å². The number of hydrogen-bond acceptors (Lipinski definition) is 5. The number of rotatable bonds is 3. The fraction of sp³-hybridized carbons (Fsp3) is 0.429. The Kier molecular flexibility index (Phi) is 4.44. The molecule has 1 unspecified atom stereocenters. The predicted molar refractivity (Wildman–Crippen MR) is 76.2 cm³/mol. The molecule has 1 aromatic heterocycles. The van der Waals surface area contributed by atoms with Crippen LogP contribution in [0.1, 0.15) is 6.42 Å². The second-order valence-electron chi connectivity index (χ2n) is 4.66. The lowest BCUT2D eigenvalue weighted by molar-refractivity contribution is -0.226. The third-order valence-corrected chi connectivity index (χ3v) is 3.55. The number of halogens is 1. The summed E-state index contributed by atoms with van der Waals surface area (Å²) in [5.41, 5.74) is 0. The lowest BCUT2D eigenvalue weighted by Crippen LogP contribution is -2.42. The third kappa shape index (κ3) is 3.45. The lowest BCUT2D eigenvalue weighted by Gasteiger charge is -2.33. The molecule has 6 heteroatoms. The molecule has 106 valence electrons. The van der Waals surface area contributed by atoms with Gasteiger partial charge in [0.15, 0.2) is 6.29 Å². The van der Waals surface area contributed by atoms with E-state index in [1.165, 1.54) is 0 Å². The summed E-state index contributed by atoms with van der Waals surface area (Å²) in [5.74, 6) is 0.762. The molecule has 3 rings (SSSR count). The van der Waals surface area contributed by atoms with E-state index in [2.05, 4.69) is 38.0 Å². The van der Waals surface area contributed by atoms with E-state index in [-0.39, 0.29) is 18.3 Å². The monoisotopic (exact) mass is 338 g/mol. The Morgan fingerprint density at radius 2 is 2.00 bits per heavy atom. The van der Waals surface area contributed by atoms with Gasteiger partial charge in [-0.3, -0.25) is 0 Å². The van der Waals surface area contributed by atoms with Gasteiger partial charge in [0.05, 0.1) is 25.6 Å². The van der Waals surface area contributed by atoms with Crippen LogP contribution in [0.5, 0.6) is 5.88 Å². The number of allylic oxidation sites excluding steroid dienone is 3. The lowest BCUT2D eigenvalue weighted by atomic mass is 10.00. The van der Waals surface area contributed by atoms with Crippen molar-refractivity contribution in [1.82, 2.24) is 9.97 Å². The zero-order chi connectivity index (χ0) is 13.8. The zero-order valence-corrected chi connectivity index (χ0v) is 12.4. The molecule has 1 saturated heterocycles. The fourth-order valence-corrected chi connectivity index (χ4v) is 2.35. The number of nitrogens with zero attached hydrogens (tertiary/aromatic N) is 2. The van der Waals surface area contributed by atoms with Gasteiger partial charge in [0, 0.05) is 5.92 Å². The Labute approximate surface area is 125 Å². The average molecular weight is 339 g/mol. The van der Waals surface area contributed by atoms with Gasteiger partial charge >= 0.3 is 0 Å². The smallest absolute Gasteiger partial charge is 0.232 e. The second-order valence-corrected chi connectivity index (χ2v) is 5.48. The van der Waals surface area contributed by atoms with E-state index in [0.29, 0.717) is 23.7 Å². The Balaban J connectivity index is 1.49. The molecule has 2 heterocycles. The molecule has 0 bridgehead atoms. The topological polar surface area (TPSA) is 53.5 Å². The van der Waals surface area contributed by atoms with Crippen molar-refractivity contribution in [3.63, 3.8) is 0 Å². The highest BCUT2D eigenvalue weighted by Gasteiger charge is 2.28. The van der Waals surface area contributed by atoms with Gasteiger partial charge in [0.1, 0.15) is 10.7 Å². The van der Waals surface area contributed by atoms with Crippen LogP contribution in [0.3, 0.4) is 0 Å². The number of ether oxygens (including phenoxy) is 3. The summed E-state index contributed by atoms with van der Waals surface area (Å²) < 4.78 is 17.8. The fourth-order valence-electron chi connectivity index (χ4n) is 2.15. The van der Waals surface area contributed by atoms with Crippen LogP contribution < -0.4 is 4.74 Å². The van der Waals surface area contributed by atoms with E-state index >= 15 is 0 Å². The molecule has 1 aliphatic carbocycles. The molecule has 0 aromatic carbocycles. The zero-order valence-electron chi connectivity index (χ0n) is 10.8. The molecular weight excluding hydrogens is 324 g/mol. The standard InChI is InChI=1S/C14H15BrN2O3/c15-12-6-17-13(7-16-12)20-11-8-18-14(19-9-11)10-4-2-1-3-5-10/h1-4,6-7,10-11,14H,5,8-9H2/t10?,11-,14-. The summed E-state index contributed by atoms with van der Waals surface area (Å²) in [6, 6.07) is 0. The van der Waals surface area contributed by atoms with E-state index in [1.54, 1.807) is 12.4 Å². The van der Waals surface area contributed by atoms with Crippen LogP contribution in [0.2, 0.25) is 0 Å². The number of hydrogen-bond donors (Lipinski definition) is 0. The largest absolute Gasteiger partial charge is 0.468 e. The molecule has 2 aliphatic rings. The van der Waals surface area contributed by atoms with Crippen LogP contribution in [0.4, 0.5) is 0 Å². The molecule has 20 heavy (non-hydrogen) atoms. The van der Waals surface area contributed by atoms with Crippen molar-refractivity contribution in [2.75, 3.05) is 13.2 Å². The van der Waals surface area contributed by atoms with Gasteiger partial charge in [-0.1, -0.05) is 24.3 Å². The van der Waals surface area contributed by atoms with Crippen LogP contribution in [0, 0.1) is 5.92 Å². The molecule has 1 fully saturated rings. The maximum Gasteiger partial charge on any atom is 0.232 e. The molecule has 0 amide bonds. The molecular formula is C14H15BrN2O3. The minimum Gasteiger partial charge on any atom is -0.468 e. The van der Waals surface area contributed by atoms with Crippen LogP contribution in [0.15, 0.2) is 41.3 Å². The normalized spacial score (nSPS) is 29.4.